The molecule has 0 saturated heterocycles. The molecule has 2 N–H and O–H groups in total. The lowest BCUT2D eigenvalue weighted by Gasteiger charge is -2.22. The highest BCUT2D eigenvalue weighted by Crippen LogP contribution is 2.32. The van der Waals surface area contributed by atoms with Crippen LogP contribution in [0.1, 0.15) is 25.8 Å². The van der Waals surface area contributed by atoms with E-state index in [0.717, 1.165) is 13.1 Å². The molecule has 0 unspecified atom stereocenters. The quantitative estimate of drug-likeness (QED) is 0.815. The average Bonchev–Trinajstić information content (AvgIpc) is 2.69. The molecule has 0 aliphatic carbocycles. The van der Waals surface area contributed by atoms with E-state index >= 15 is 0 Å². The van der Waals surface area contributed by atoms with Gasteiger partial charge in [0, 0.05) is 29.7 Å². The van der Waals surface area contributed by atoms with Crippen LogP contribution >= 0.6 is 11.8 Å². The van der Waals surface area contributed by atoms with Gasteiger partial charge in [0.25, 0.3) is 0 Å². The minimum atomic E-state index is 0.243. The smallest absolute Gasteiger partial charge is 0.0411 e. The van der Waals surface area contributed by atoms with Crippen molar-refractivity contribution >= 4 is 17.4 Å². The number of hydrogen-bond acceptors (Lipinski definition) is 3. The lowest BCUT2D eigenvalue weighted by molar-refractivity contribution is 0.693. The molecule has 0 fully saturated rings. The molecule has 17 heavy (non-hydrogen) atoms. The van der Waals surface area contributed by atoms with Crippen LogP contribution in [0.5, 0.6) is 0 Å². The van der Waals surface area contributed by atoms with Crippen LogP contribution in [0, 0.1) is 0 Å². The first-order valence-electron chi connectivity index (χ1n) is 6.47. The summed E-state index contributed by atoms with van der Waals surface area (Å²) >= 11 is 1.95. The van der Waals surface area contributed by atoms with Crippen molar-refractivity contribution in [1.29, 1.82) is 0 Å². The first kappa shape index (κ1) is 12.8. The Labute approximate surface area is 109 Å². The van der Waals surface area contributed by atoms with Gasteiger partial charge in [-0.05, 0) is 43.2 Å². The molecule has 0 radical (unpaired) electrons. The zero-order chi connectivity index (χ0) is 12.3. The van der Waals surface area contributed by atoms with Crippen molar-refractivity contribution in [1.82, 2.24) is 0 Å². The second-order valence-electron chi connectivity index (χ2n) is 4.81. The highest BCUT2D eigenvalue weighted by atomic mass is 32.2. The van der Waals surface area contributed by atoms with Crippen molar-refractivity contribution in [2.24, 2.45) is 5.73 Å². The maximum Gasteiger partial charge on any atom is 0.0411 e. The van der Waals surface area contributed by atoms with E-state index in [1.165, 1.54) is 34.7 Å². The topological polar surface area (TPSA) is 29.3 Å². The van der Waals surface area contributed by atoms with E-state index in [0.29, 0.717) is 0 Å². The molecule has 1 heterocycles. The van der Waals surface area contributed by atoms with Crippen LogP contribution < -0.4 is 10.6 Å². The number of anilines is 1. The van der Waals surface area contributed by atoms with Crippen molar-refractivity contribution in [3.05, 3.63) is 23.8 Å². The lowest BCUT2D eigenvalue weighted by Crippen LogP contribution is -2.34. The molecule has 3 heteroatoms. The van der Waals surface area contributed by atoms with Gasteiger partial charge in [-0.25, -0.2) is 0 Å². The maximum atomic E-state index is 5.90. The summed E-state index contributed by atoms with van der Waals surface area (Å²) in [5, 5.41) is 0. The van der Waals surface area contributed by atoms with Gasteiger partial charge in [0.05, 0.1) is 0 Å². The van der Waals surface area contributed by atoms with Crippen LogP contribution in [0.15, 0.2) is 23.1 Å². The Bertz CT molecular complexity index is 376. The fraction of sp³-hybridized carbons (Fsp3) is 0.571. The normalized spacial score (nSPS) is 16.1. The molecule has 1 atom stereocenters. The van der Waals surface area contributed by atoms with Gasteiger partial charge in [-0.3, -0.25) is 0 Å². The highest BCUT2D eigenvalue weighted by Gasteiger charge is 2.19. The first-order chi connectivity index (χ1) is 8.20. The van der Waals surface area contributed by atoms with Crippen LogP contribution in [0.25, 0.3) is 0 Å². The predicted molar refractivity (Wildman–Crippen MR) is 77.0 cm³/mol. The van der Waals surface area contributed by atoms with Gasteiger partial charge in [0.2, 0.25) is 0 Å². The Balaban J connectivity index is 2.12. The van der Waals surface area contributed by atoms with E-state index in [4.69, 9.17) is 5.73 Å². The van der Waals surface area contributed by atoms with Gasteiger partial charge in [-0.1, -0.05) is 13.0 Å². The van der Waals surface area contributed by atoms with Crippen molar-refractivity contribution in [3.8, 4) is 0 Å². The van der Waals surface area contributed by atoms with Crippen molar-refractivity contribution in [2.75, 3.05) is 23.7 Å². The number of hydrogen-bond donors (Lipinski definition) is 1. The zero-order valence-electron chi connectivity index (χ0n) is 10.8. The molecule has 1 aromatic carbocycles. The van der Waals surface area contributed by atoms with Gasteiger partial charge in [0.1, 0.15) is 0 Å². The molecule has 0 bridgehead atoms. The summed E-state index contributed by atoms with van der Waals surface area (Å²) in [7, 11) is 0. The standard InChI is InChI=1S/C14H22N2S/c1-3-8-17-13-5-4-12-6-7-16(10-11(2)15)14(12)9-13/h4-5,9,11H,3,6-8,10,15H2,1-2H3/t11-/m0/s1. The molecular weight excluding hydrogens is 228 g/mol. The summed E-state index contributed by atoms with van der Waals surface area (Å²) in [6.45, 7) is 6.39. The molecular formula is C14H22N2S. The van der Waals surface area contributed by atoms with Crippen LogP contribution in [0.4, 0.5) is 5.69 Å². The molecule has 0 spiro atoms. The van der Waals surface area contributed by atoms with Gasteiger partial charge in [0.15, 0.2) is 0 Å². The zero-order valence-corrected chi connectivity index (χ0v) is 11.6. The van der Waals surface area contributed by atoms with E-state index in [9.17, 15) is 0 Å². The van der Waals surface area contributed by atoms with Crippen molar-refractivity contribution < 1.29 is 0 Å². The maximum absolute atomic E-state index is 5.90. The number of nitrogens with two attached hydrogens (primary N) is 1. The van der Waals surface area contributed by atoms with Gasteiger partial charge in [-0.2, -0.15) is 0 Å². The Hall–Kier alpha value is -0.670. The monoisotopic (exact) mass is 250 g/mol. The highest BCUT2D eigenvalue weighted by molar-refractivity contribution is 7.99. The Morgan fingerprint density at radius 3 is 3.00 bits per heavy atom. The van der Waals surface area contributed by atoms with Gasteiger partial charge < -0.3 is 10.6 Å². The van der Waals surface area contributed by atoms with E-state index in [-0.39, 0.29) is 6.04 Å². The molecule has 2 nitrogen and oxygen atoms in total. The number of benzene rings is 1. The molecule has 1 aliphatic rings. The molecule has 0 saturated carbocycles. The van der Waals surface area contributed by atoms with Gasteiger partial charge in [-0.15, -0.1) is 11.8 Å². The Kier molecular flexibility index (Phi) is 4.35. The fourth-order valence-electron chi connectivity index (χ4n) is 2.27. The summed E-state index contributed by atoms with van der Waals surface area (Å²) in [6.07, 6.45) is 2.39. The van der Waals surface area contributed by atoms with Crippen LogP contribution in [-0.4, -0.2) is 24.9 Å². The molecule has 0 amide bonds. The lowest BCUT2D eigenvalue weighted by atomic mass is 10.2. The van der Waals surface area contributed by atoms with Crippen LogP contribution in [0.3, 0.4) is 0 Å². The van der Waals surface area contributed by atoms with Crippen molar-refractivity contribution in [2.45, 2.75) is 37.6 Å². The number of rotatable bonds is 5. The summed E-state index contributed by atoms with van der Waals surface area (Å²) in [6, 6.07) is 7.13. The molecule has 1 aliphatic heterocycles. The number of nitrogens with zero attached hydrogens (tertiary/aromatic N) is 1. The molecule has 1 aromatic rings. The summed E-state index contributed by atoms with van der Waals surface area (Å²) in [5.74, 6) is 1.20. The number of thioether (sulfide) groups is 1. The van der Waals surface area contributed by atoms with Crippen LogP contribution in [-0.2, 0) is 6.42 Å². The third-order valence-electron chi connectivity index (χ3n) is 3.03. The first-order valence-corrected chi connectivity index (χ1v) is 7.45. The second kappa shape index (κ2) is 5.78. The van der Waals surface area contributed by atoms with Gasteiger partial charge >= 0.3 is 0 Å². The van der Waals surface area contributed by atoms with Crippen LogP contribution in [0.2, 0.25) is 0 Å². The summed E-state index contributed by atoms with van der Waals surface area (Å²) < 4.78 is 0. The fourth-order valence-corrected chi connectivity index (χ4v) is 3.07. The van der Waals surface area contributed by atoms with E-state index < -0.39 is 0 Å². The average molecular weight is 250 g/mol. The molecule has 0 aromatic heterocycles. The third-order valence-corrected chi connectivity index (χ3v) is 4.23. The predicted octanol–water partition coefficient (Wildman–Crippen LogP) is 2.90. The Morgan fingerprint density at radius 1 is 1.47 bits per heavy atom. The number of fused-ring (bicyclic) bond motifs is 1. The molecule has 94 valence electrons. The minimum absolute atomic E-state index is 0.243. The van der Waals surface area contributed by atoms with E-state index in [2.05, 4.69) is 36.9 Å². The minimum Gasteiger partial charge on any atom is -0.369 e. The SMILES string of the molecule is CCCSc1ccc2c(c1)N(C[C@H](C)N)CC2. The summed E-state index contributed by atoms with van der Waals surface area (Å²) in [4.78, 5) is 3.82. The largest absolute Gasteiger partial charge is 0.369 e. The molecule has 2 rings (SSSR count). The Morgan fingerprint density at radius 2 is 2.29 bits per heavy atom. The third kappa shape index (κ3) is 3.17. The second-order valence-corrected chi connectivity index (χ2v) is 5.98. The van der Waals surface area contributed by atoms with E-state index in [1.54, 1.807) is 0 Å². The summed E-state index contributed by atoms with van der Waals surface area (Å²) in [5.41, 5.74) is 8.78. The van der Waals surface area contributed by atoms with Crippen molar-refractivity contribution in [3.63, 3.8) is 0 Å². The van der Waals surface area contributed by atoms with E-state index in [1.807, 2.05) is 11.8 Å².